The molecule has 31 heavy (non-hydrogen) atoms. The maximum Gasteiger partial charge on any atom is 0.306 e. The fourth-order valence-corrected chi connectivity index (χ4v) is 3.12. The number of fused-ring (bicyclic) bond motifs is 1. The number of amides is 1. The first-order chi connectivity index (χ1) is 14.7. The molecule has 12 heteroatoms. The molecule has 1 aliphatic heterocycles. The Morgan fingerprint density at radius 2 is 2.13 bits per heavy atom. The van der Waals surface area contributed by atoms with Crippen molar-refractivity contribution in [1.82, 2.24) is 19.5 Å². The molecular formula is C19H25N5O7. The van der Waals surface area contributed by atoms with Crippen LogP contribution in [0.15, 0.2) is 11.1 Å². The van der Waals surface area contributed by atoms with Gasteiger partial charge in [0, 0.05) is 18.8 Å². The lowest BCUT2D eigenvalue weighted by Gasteiger charge is -2.16. The first-order valence-electron chi connectivity index (χ1n) is 9.92. The van der Waals surface area contributed by atoms with Crippen LogP contribution in [-0.4, -0.2) is 61.1 Å². The highest BCUT2D eigenvalue weighted by Gasteiger charge is 2.39. The number of H-pyrrole nitrogens is 1. The summed E-state index contributed by atoms with van der Waals surface area (Å²) in [5, 5.41) is 12.2. The first-order valence-corrected chi connectivity index (χ1v) is 9.92. The second-order valence-corrected chi connectivity index (χ2v) is 7.66. The number of hydrogen-bond acceptors (Lipinski definition) is 9. The molecule has 0 radical (unpaired) electrons. The van der Waals surface area contributed by atoms with Gasteiger partial charge in [-0.1, -0.05) is 13.8 Å². The van der Waals surface area contributed by atoms with E-state index in [9.17, 15) is 24.3 Å². The van der Waals surface area contributed by atoms with Crippen molar-refractivity contribution in [3.63, 3.8) is 0 Å². The number of nitrogens with zero attached hydrogens (tertiary/aromatic N) is 3. The average Bonchev–Trinajstić information content (AvgIpc) is 3.30. The third-order valence-electron chi connectivity index (χ3n) is 4.83. The number of ether oxygens (including phenoxy) is 2. The Balaban J connectivity index is 1.81. The highest BCUT2D eigenvalue weighted by molar-refractivity contribution is 5.91. The summed E-state index contributed by atoms with van der Waals surface area (Å²) in [6, 6.07) is 0. The highest BCUT2D eigenvalue weighted by Crippen LogP contribution is 2.32. The van der Waals surface area contributed by atoms with Crippen molar-refractivity contribution in [3.05, 3.63) is 16.7 Å². The van der Waals surface area contributed by atoms with Crippen molar-refractivity contribution in [1.29, 1.82) is 0 Å². The van der Waals surface area contributed by atoms with Crippen LogP contribution < -0.4 is 10.9 Å². The smallest absolute Gasteiger partial charge is 0.306 e. The molecule has 1 aliphatic rings. The lowest BCUT2D eigenvalue weighted by atomic mass is 10.2. The number of nitrogens with one attached hydrogen (secondary N) is 2. The molecule has 3 unspecified atom stereocenters. The molecule has 168 valence electrons. The Hall–Kier alpha value is -3.12. The van der Waals surface area contributed by atoms with Crippen molar-refractivity contribution in [2.75, 3.05) is 11.9 Å². The Bertz CT molecular complexity index is 1040. The molecular weight excluding hydrogens is 410 g/mol. The van der Waals surface area contributed by atoms with Gasteiger partial charge in [0.1, 0.15) is 24.2 Å². The van der Waals surface area contributed by atoms with Gasteiger partial charge < -0.3 is 19.4 Å². The number of Topliss-reactive ketones (excluding diaryl/α,β-unsaturated/α-hetero) is 1. The van der Waals surface area contributed by atoms with Gasteiger partial charge in [-0.2, -0.15) is 4.98 Å². The Labute approximate surface area is 177 Å². The van der Waals surface area contributed by atoms with Gasteiger partial charge in [0.25, 0.3) is 5.56 Å². The van der Waals surface area contributed by atoms with Gasteiger partial charge in [0.2, 0.25) is 11.9 Å². The number of aromatic nitrogens is 4. The summed E-state index contributed by atoms with van der Waals surface area (Å²) >= 11 is 0. The third-order valence-corrected chi connectivity index (χ3v) is 4.83. The van der Waals surface area contributed by atoms with Crippen LogP contribution in [0.25, 0.3) is 11.2 Å². The zero-order valence-electron chi connectivity index (χ0n) is 17.5. The van der Waals surface area contributed by atoms with E-state index in [4.69, 9.17) is 9.47 Å². The van der Waals surface area contributed by atoms with Crippen LogP contribution in [0.4, 0.5) is 5.95 Å². The molecule has 2 aromatic heterocycles. The topological polar surface area (TPSA) is 166 Å². The summed E-state index contributed by atoms with van der Waals surface area (Å²) in [5.74, 6) is -1.34. The molecule has 2 aromatic rings. The lowest BCUT2D eigenvalue weighted by Crippen LogP contribution is -2.30. The monoisotopic (exact) mass is 435 g/mol. The number of carbonyl (C=O) groups excluding carboxylic acids is 3. The number of hydrogen-bond donors (Lipinski definition) is 3. The molecule has 3 rings (SSSR count). The molecule has 0 aliphatic carbocycles. The standard InChI is InChI=1S/C19H25N5O7/c1-9(2)17(28)22-19-21-16-15(18(29)23-19)20-8-24(16)13-6-11(12(7-25)30-13)31-14(27)5-4-10(3)26/h8-9,11-13,25H,4-7H2,1-3H3,(H2,21,22,23,28,29). The van der Waals surface area contributed by atoms with E-state index in [-0.39, 0.29) is 54.0 Å². The van der Waals surface area contributed by atoms with Crippen molar-refractivity contribution < 1.29 is 29.0 Å². The van der Waals surface area contributed by atoms with Gasteiger partial charge in [0.15, 0.2) is 11.2 Å². The number of rotatable bonds is 8. The van der Waals surface area contributed by atoms with Crippen LogP contribution in [0.3, 0.4) is 0 Å². The Morgan fingerprint density at radius 1 is 1.39 bits per heavy atom. The van der Waals surface area contributed by atoms with Crippen molar-refractivity contribution in [2.24, 2.45) is 5.92 Å². The second-order valence-electron chi connectivity index (χ2n) is 7.66. The van der Waals surface area contributed by atoms with E-state index in [1.165, 1.54) is 17.8 Å². The molecule has 0 saturated carbocycles. The molecule has 3 heterocycles. The number of imidazole rings is 1. The van der Waals surface area contributed by atoms with Gasteiger partial charge >= 0.3 is 5.97 Å². The van der Waals surface area contributed by atoms with Gasteiger partial charge in [-0.05, 0) is 6.92 Å². The largest absolute Gasteiger partial charge is 0.459 e. The number of aliphatic hydroxyl groups excluding tert-OH is 1. The van der Waals surface area contributed by atoms with E-state index in [0.29, 0.717) is 0 Å². The van der Waals surface area contributed by atoms with Crippen molar-refractivity contribution in [2.45, 2.75) is 58.5 Å². The van der Waals surface area contributed by atoms with Gasteiger partial charge in [0.05, 0.1) is 19.4 Å². The maximum absolute atomic E-state index is 12.3. The Kier molecular flexibility index (Phi) is 6.81. The number of ketones is 1. The second kappa shape index (κ2) is 9.35. The number of carbonyl (C=O) groups is 3. The first kappa shape index (κ1) is 22.6. The maximum atomic E-state index is 12.3. The van der Waals surface area contributed by atoms with E-state index in [1.54, 1.807) is 13.8 Å². The van der Waals surface area contributed by atoms with Crippen LogP contribution in [0.5, 0.6) is 0 Å². The number of esters is 1. The van der Waals surface area contributed by atoms with Gasteiger partial charge in [-0.3, -0.25) is 29.3 Å². The predicted octanol–water partition coefficient (Wildman–Crippen LogP) is 0.275. The van der Waals surface area contributed by atoms with Crippen LogP contribution >= 0.6 is 0 Å². The molecule has 1 fully saturated rings. The summed E-state index contributed by atoms with van der Waals surface area (Å²) in [6.07, 6.45) is -0.678. The van der Waals surface area contributed by atoms with Crippen LogP contribution in [-0.2, 0) is 23.9 Å². The van der Waals surface area contributed by atoms with Gasteiger partial charge in [-0.25, -0.2) is 4.98 Å². The van der Waals surface area contributed by atoms with Crippen LogP contribution in [0, 0.1) is 5.92 Å². The molecule has 3 N–H and O–H groups in total. The molecule has 0 aromatic carbocycles. The molecule has 12 nitrogen and oxygen atoms in total. The minimum Gasteiger partial charge on any atom is -0.459 e. The van der Waals surface area contributed by atoms with Gasteiger partial charge in [-0.15, -0.1) is 0 Å². The summed E-state index contributed by atoms with van der Waals surface area (Å²) in [5.41, 5.74) is -0.312. The lowest BCUT2D eigenvalue weighted by molar-refractivity contribution is -0.153. The van der Waals surface area contributed by atoms with E-state index in [1.807, 2.05) is 0 Å². The molecule has 1 saturated heterocycles. The predicted molar refractivity (Wildman–Crippen MR) is 107 cm³/mol. The van der Waals surface area contributed by atoms with E-state index in [0.717, 1.165) is 0 Å². The minimum absolute atomic E-state index is 0.0261. The quantitative estimate of drug-likeness (QED) is 0.493. The highest BCUT2D eigenvalue weighted by atomic mass is 16.6. The summed E-state index contributed by atoms with van der Waals surface area (Å²) in [6.45, 7) is 4.40. The zero-order valence-corrected chi connectivity index (χ0v) is 17.5. The van der Waals surface area contributed by atoms with E-state index < -0.39 is 36.6 Å². The molecule has 0 spiro atoms. The fourth-order valence-electron chi connectivity index (χ4n) is 3.12. The molecule has 1 amide bonds. The normalized spacial score (nSPS) is 20.9. The Morgan fingerprint density at radius 3 is 2.77 bits per heavy atom. The minimum atomic E-state index is -0.786. The average molecular weight is 435 g/mol. The van der Waals surface area contributed by atoms with E-state index in [2.05, 4.69) is 20.3 Å². The number of aromatic amines is 1. The zero-order chi connectivity index (χ0) is 22.7. The third kappa shape index (κ3) is 5.14. The SMILES string of the molecule is CC(=O)CCC(=O)OC1CC(n2cnc3c(=O)[nH]c(NC(=O)C(C)C)nc32)OC1CO. The summed E-state index contributed by atoms with van der Waals surface area (Å²) < 4.78 is 12.7. The molecule has 3 atom stereocenters. The van der Waals surface area contributed by atoms with E-state index >= 15 is 0 Å². The number of anilines is 1. The molecule has 0 bridgehead atoms. The number of aliphatic hydroxyl groups is 1. The van der Waals surface area contributed by atoms with Crippen molar-refractivity contribution in [3.8, 4) is 0 Å². The summed E-state index contributed by atoms with van der Waals surface area (Å²) in [4.78, 5) is 58.1. The van der Waals surface area contributed by atoms with Crippen LogP contribution in [0.1, 0.15) is 46.3 Å². The fraction of sp³-hybridized carbons (Fsp3) is 0.579. The van der Waals surface area contributed by atoms with Crippen molar-refractivity contribution >= 4 is 34.8 Å². The summed E-state index contributed by atoms with van der Waals surface area (Å²) in [7, 11) is 0. The van der Waals surface area contributed by atoms with Crippen LogP contribution in [0.2, 0.25) is 0 Å².